The molecule has 4 atom stereocenters. The van der Waals surface area contributed by atoms with Crippen LogP contribution in [0.1, 0.15) is 51.4 Å². The Morgan fingerprint density at radius 2 is 1.38 bits per heavy atom. The predicted molar refractivity (Wildman–Crippen MR) is 173 cm³/mol. The molecule has 4 N–H and O–H groups in total. The van der Waals surface area contributed by atoms with Crippen LogP contribution in [0.15, 0.2) is 85.1 Å². The molecule has 0 saturated heterocycles. The second kappa shape index (κ2) is 16.8. The first kappa shape index (κ1) is 36.9. The Hall–Kier alpha value is -4.58. The summed E-state index contributed by atoms with van der Waals surface area (Å²) in [6, 6.07) is 17.3. The van der Waals surface area contributed by atoms with Gasteiger partial charge in [0, 0.05) is 6.20 Å². The molecule has 3 rings (SSSR count). The Labute approximate surface area is 274 Å². The number of pyridine rings is 1. The lowest BCUT2D eigenvalue weighted by atomic mass is 9.90. The number of aliphatic hydroxyl groups excluding tert-OH is 1. The number of alkyl carbamates (subject to hydrolysis) is 2. The minimum absolute atomic E-state index is 0.145. The molecule has 0 aliphatic rings. The van der Waals surface area contributed by atoms with Crippen LogP contribution in [0.25, 0.3) is 0 Å². The molecular formula is C35H44F2N4O6. The lowest BCUT2D eigenvalue weighted by Gasteiger charge is -2.36. The fourth-order valence-corrected chi connectivity index (χ4v) is 4.77. The van der Waals surface area contributed by atoms with Crippen molar-refractivity contribution in [1.82, 2.24) is 20.9 Å². The van der Waals surface area contributed by atoms with Gasteiger partial charge in [0.15, 0.2) is 0 Å². The maximum atomic E-state index is 16.4. The number of halogens is 2. The predicted octanol–water partition coefficient (Wildman–Crippen LogP) is 5.19. The number of nitrogens with one attached hydrogen (secondary N) is 3. The van der Waals surface area contributed by atoms with Crippen LogP contribution < -0.4 is 16.0 Å². The summed E-state index contributed by atoms with van der Waals surface area (Å²) in [5.41, 5.74) is 0.580. The molecular weight excluding hydrogens is 610 g/mol. The molecule has 1 aromatic heterocycles. The number of benzene rings is 2. The molecule has 3 aromatic rings. The van der Waals surface area contributed by atoms with Crippen LogP contribution in [0.5, 0.6) is 0 Å². The lowest BCUT2D eigenvalue weighted by Crippen LogP contribution is -2.63. The topological polar surface area (TPSA) is 139 Å². The van der Waals surface area contributed by atoms with Gasteiger partial charge in [0.2, 0.25) is 5.91 Å². The third kappa shape index (κ3) is 11.9. The van der Waals surface area contributed by atoms with Crippen molar-refractivity contribution in [1.29, 1.82) is 0 Å². The van der Waals surface area contributed by atoms with E-state index in [0.717, 1.165) is 0 Å². The molecule has 254 valence electrons. The highest BCUT2D eigenvalue weighted by Gasteiger charge is 2.51. The number of nitrogens with zero attached hydrogens (tertiary/aromatic N) is 1. The molecule has 3 amide bonds. The number of aromatic nitrogens is 1. The Morgan fingerprint density at radius 3 is 1.91 bits per heavy atom. The fourth-order valence-electron chi connectivity index (χ4n) is 4.77. The third-order valence-corrected chi connectivity index (χ3v) is 7.14. The molecule has 0 bridgehead atoms. The summed E-state index contributed by atoms with van der Waals surface area (Å²) in [7, 11) is 0. The molecule has 1 heterocycles. The zero-order chi connectivity index (χ0) is 34.6. The summed E-state index contributed by atoms with van der Waals surface area (Å²) in [5, 5.41) is 18.7. The van der Waals surface area contributed by atoms with Crippen LogP contribution in [0.2, 0.25) is 0 Å². The van der Waals surface area contributed by atoms with Crippen molar-refractivity contribution >= 4 is 18.1 Å². The van der Waals surface area contributed by atoms with E-state index in [9.17, 15) is 19.5 Å². The number of hydrogen-bond donors (Lipinski definition) is 4. The van der Waals surface area contributed by atoms with E-state index < -0.39 is 59.8 Å². The molecule has 0 radical (unpaired) electrons. The molecule has 12 heteroatoms. The summed E-state index contributed by atoms with van der Waals surface area (Å²) in [6.07, 6.45) is -3.43. The molecule has 0 saturated carbocycles. The third-order valence-electron chi connectivity index (χ3n) is 7.14. The summed E-state index contributed by atoms with van der Waals surface area (Å²) >= 11 is 0. The van der Waals surface area contributed by atoms with Crippen molar-refractivity contribution in [2.45, 2.75) is 89.8 Å². The van der Waals surface area contributed by atoms with Gasteiger partial charge in [-0.15, -0.1) is 0 Å². The number of carbonyl (C=O) groups is 3. The summed E-state index contributed by atoms with van der Waals surface area (Å²) in [5.74, 6) is -5.25. The van der Waals surface area contributed by atoms with Gasteiger partial charge in [-0.05, 0) is 62.8 Å². The molecule has 10 nitrogen and oxygen atoms in total. The van der Waals surface area contributed by atoms with E-state index in [1.165, 1.54) is 0 Å². The number of hydrogen-bond acceptors (Lipinski definition) is 7. The number of amides is 3. The highest BCUT2D eigenvalue weighted by atomic mass is 19.3. The summed E-state index contributed by atoms with van der Waals surface area (Å²) < 4.78 is 43.3. The SMILES string of the molecule is CC(C)[C@H](NC(=O)OCc1ccccn1)C(=O)NC(Cc1ccccc1)C(O)C(F)(F)C(Cc1ccccc1)NC(=O)OC(C)(C)C. The van der Waals surface area contributed by atoms with E-state index in [-0.39, 0.29) is 19.4 Å². The summed E-state index contributed by atoms with van der Waals surface area (Å²) in [4.78, 5) is 43.0. The second-order valence-corrected chi connectivity index (χ2v) is 12.6. The molecule has 2 aromatic carbocycles. The lowest BCUT2D eigenvalue weighted by molar-refractivity contribution is -0.148. The first-order valence-electron chi connectivity index (χ1n) is 15.4. The van der Waals surface area contributed by atoms with Crippen LogP contribution >= 0.6 is 0 Å². The van der Waals surface area contributed by atoms with Crippen LogP contribution in [0, 0.1) is 5.92 Å². The van der Waals surface area contributed by atoms with Gasteiger partial charge in [-0.3, -0.25) is 9.78 Å². The zero-order valence-electron chi connectivity index (χ0n) is 27.3. The van der Waals surface area contributed by atoms with Crippen molar-refractivity contribution in [3.63, 3.8) is 0 Å². The van der Waals surface area contributed by atoms with Crippen molar-refractivity contribution in [3.05, 3.63) is 102 Å². The quantitative estimate of drug-likeness (QED) is 0.188. The van der Waals surface area contributed by atoms with Gasteiger partial charge in [-0.2, -0.15) is 0 Å². The van der Waals surface area contributed by atoms with Gasteiger partial charge < -0.3 is 30.5 Å². The molecule has 47 heavy (non-hydrogen) atoms. The van der Waals surface area contributed by atoms with E-state index >= 15 is 8.78 Å². The fraction of sp³-hybridized carbons (Fsp3) is 0.429. The number of ether oxygens (including phenoxy) is 2. The van der Waals surface area contributed by atoms with Crippen LogP contribution in [0.4, 0.5) is 18.4 Å². The molecule has 0 spiro atoms. The number of carbonyl (C=O) groups excluding carboxylic acids is 3. The highest BCUT2D eigenvalue weighted by molar-refractivity contribution is 5.86. The second-order valence-electron chi connectivity index (χ2n) is 12.6. The van der Waals surface area contributed by atoms with Gasteiger partial charge in [-0.1, -0.05) is 80.6 Å². The van der Waals surface area contributed by atoms with Gasteiger partial charge in [0.1, 0.15) is 30.4 Å². The van der Waals surface area contributed by atoms with Crippen molar-refractivity contribution in [2.24, 2.45) is 5.92 Å². The summed E-state index contributed by atoms with van der Waals surface area (Å²) in [6.45, 7) is 8.00. The normalized spacial score (nSPS) is 14.3. The van der Waals surface area contributed by atoms with Crippen LogP contribution in [-0.4, -0.2) is 63.9 Å². The number of rotatable bonds is 14. The van der Waals surface area contributed by atoms with E-state index in [0.29, 0.717) is 16.8 Å². The maximum absolute atomic E-state index is 16.4. The van der Waals surface area contributed by atoms with E-state index in [4.69, 9.17) is 9.47 Å². The first-order chi connectivity index (χ1) is 22.2. The zero-order valence-corrected chi connectivity index (χ0v) is 27.3. The van der Waals surface area contributed by atoms with Crippen LogP contribution in [-0.2, 0) is 33.7 Å². The van der Waals surface area contributed by atoms with Gasteiger partial charge >= 0.3 is 12.2 Å². The minimum Gasteiger partial charge on any atom is -0.444 e. The van der Waals surface area contributed by atoms with E-state index in [2.05, 4.69) is 20.9 Å². The van der Waals surface area contributed by atoms with E-state index in [1.807, 2.05) is 0 Å². The number of aliphatic hydroxyl groups is 1. The maximum Gasteiger partial charge on any atom is 0.408 e. The average molecular weight is 655 g/mol. The smallest absolute Gasteiger partial charge is 0.408 e. The Bertz CT molecular complexity index is 1420. The Kier molecular flexibility index (Phi) is 13.2. The Morgan fingerprint density at radius 1 is 0.809 bits per heavy atom. The van der Waals surface area contributed by atoms with Crippen molar-refractivity contribution in [2.75, 3.05) is 0 Å². The van der Waals surface area contributed by atoms with Gasteiger partial charge in [0.25, 0.3) is 5.92 Å². The molecule has 0 aliphatic carbocycles. The van der Waals surface area contributed by atoms with Crippen molar-refractivity contribution in [3.8, 4) is 0 Å². The minimum atomic E-state index is -3.97. The molecule has 0 fully saturated rings. The monoisotopic (exact) mass is 654 g/mol. The molecule has 3 unspecified atom stereocenters. The Balaban J connectivity index is 1.86. The average Bonchev–Trinajstić information content (AvgIpc) is 3.02. The highest BCUT2D eigenvalue weighted by Crippen LogP contribution is 2.30. The van der Waals surface area contributed by atoms with Gasteiger partial charge in [0.05, 0.1) is 11.7 Å². The first-order valence-corrected chi connectivity index (χ1v) is 15.4. The van der Waals surface area contributed by atoms with Gasteiger partial charge in [-0.25, -0.2) is 18.4 Å². The van der Waals surface area contributed by atoms with Crippen LogP contribution in [0.3, 0.4) is 0 Å². The molecule has 0 aliphatic heterocycles. The van der Waals surface area contributed by atoms with Crippen molar-refractivity contribution < 1.29 is 37.7 Å². The number of alkyl halides is 2. The standard InChI is InChI=1S/C35H44F2N4O6/c1-23(2)29(41-32(44)46-22-26-18-12-13-19-38-26)31(43)39-27(20-24-14-8-6-9-15-24)30(42)35(36,37)28(21-25-16-10-7-11-17-25)40-33(45)47-34(3,4)5/h6-19,23,27-30,42H,20-22H2,1-5H3,(H,39,43)(H,40,45)(H,41,44)/t27?,28?,29-,30?/m0/s1. The van der Waals surface area contributed by atoms with E-state index in [1.54, 1.807) is 120 Å². The largest absolute Gasteiger partial charge is 0.444 e.